The van der Waals surface area contributed by atoms with Crippen molar-refractivity contribution in [3.8, 4) is 0 Å². The number of rotatable bonds is 6. The number of alkyl halides is 2. The van der Waals surface area contributed by atoms with Gasteiger partial charge in [-0.05, 0) is 6.92 Å². The Morgan fingerprint density at radius 1 is 1.50 bits per heavy atom. The van der Waals surface area contributed by atoms with Crippen LogP contribution in [0.2, 0.25) is 0 Å². The van der Waals surface area contributed by atoms with Crippen molar-refractivity contribution < 1.29 is 13.5 Å². The van der Waals surface area contributed by atoms with E-state index in [1.165, 1.54) is 11.3 Å². The van der Waals surface area contributed by atoms with E-state index in [1.807, 2.05) is 6.92 Å². The second kappa shape index (κ2) is 5.82. The van der Waals surface area contributed by atoms with Gasteiger partial charge in [-0.2, -0.15) is 0 Å². The summed E-state index contributed by atoms with van der Waals surface area (Å²) >= 11 is 1.31. The van der Waals surface area contributed by atoms with Crippen molar-refractivity contribution in [2.45, 2.75) is 20.0 Å². The minimum Gasteiger partial charge on any atom is -0.368 e. The molecule has 1 heterocycles. The van der Waals surface area contributed by atoms with Crippen molar-refractivity contribution in [1.29, 1.82) is 0 Å². The first-order valence-electron chi connectivity index (χ1n) is 4.14. The third-order valence-corrected chi connectivity index (χ3v) is 2.12. The van der Waals surface area contributed by atoms with Crippen LogP contribution in [0.3, 0.4) is 0 Å². The van der Waals surface area contributed by atoms with E-state index in [1.54, 1.807) is 0 Å². The third-order valence-electron chi connectivity index (χ3n) is 1.26. The van der Waals surface area contributed by atoms with Gasteiger partial charge in [-0.25, -0.2) is 8.78 Å². The molecule has 0 fully saturated rings. The molecule has 0 aromatic carbocycles. The summed E-state index contributed by atoms with van der Waals surface area (Å²) in [5.41, 5.74) is 0. The Kier molecular flexibility index (Phi) is 4.68. The number of hydrogen-bond acceptors (Lipinski definition) is 5. The van der Waals surface area contributed by atoms with Crippen LogP contribution in [0.25, 0.3) is 0 Å². The molecule has 0 aliphatic heterocycles. The lowest BCUT2D eigenvalue weighted by molar-refractivity contribution is 0.00968. The molecule has 0 radical (unpaired) electrons. The average molecular weight is 223 g/mol. The van der Waals surface area contributed by atoms with Gasteiger partial charge in [0.05, 0.1) is 0 Å². The number of nitrogens with one attached hydrogen (secondary N) is 1. The minimum atomic E-state index is -2.43. The van der Waals surface area contributed by atoms with Crippen LogP contribution in [0.4, 0.5) is 13.9 Å². The Hall–Kier alpha value is -0.820. The Labute approximate surface area is 84.3 Å². The van der Waals surface area contributed by atoms with Crippen molar-refractivity contribution in [2.75, 3.05) is 18.5 Å². The van der Waals surface area contributed by atoms with Crippen molar-refractivity contribution in [3.63, 3.8) is 0 Å². The highest BCUT2D eigenvalue weighted by Gasteiger charge is 2.05. The molecule has 0 unspecified atom stereocenters. The summed E-state index contributed by atoms with van der Waals surface area (Å²) in [7, 11) is 0. The number of halogens is 2. The van der Waals surface area contributed by atoms with Crippen molar-refractivity contribution in [2.24, 2.45) is 0 Å². The SMILES string of the molecule is CCNc1nnc(COCC(F)F)s1. The molecule has 0 amide bonds. The van der Waals surface area contributed by atoms with Gasteiger partial charge >= 0.3 is 0 Å². The molecule has 0 saturated heterocycles. The van der Waals surface area contributed by atoms with E-state index in [2.05, 4.69) is 15.5 Å². The van der Waals surface area contributed by atoms with E-state index in [9.17, 15) is 8.78 Å². The van der Waals surface area contributed by atoms with Crippen LogP contribution in [0.5, 0.6) is 0 Å². The maximum absolute atomic E-state index is 11.7. The van der Waals surface area contributed by atoms with E-state index in [4.69, 9.17) is 4.74 Å². The predicted molar refractivity (Wildman–Crippen MR) is 49.7 cm³/mol. The van der Waals surface area contributed by atoms with Gasteiger partial charge in [0.25, 0.3) is 6.43 Å². The summed E-state index contributed by atoms with van der Waals surface area (Å²) in [5.74, 6) is 0. The molecule has 1 N–H and O–H groups in total. The highest BCUT2D eigenvalue weighted by molar-refractivity contribution is 7.15. The Morgan fingerprint density at radius 2 is 2.29 bits per heavy atom. The molecule has 1 aromatic heterocycles. The van der Waals surface area contributed by atoms with Crippen molar-refractivity contribution in [3.05, 3.63) is 5.01 Å². The summed E-state index contributed by atoms with van der Waals surface area (Å²) in [6.45, 7) is 2.23. The molecule has 7 heteroatoms. The van der Waals surface area contributed by atoms with Gasteiger partial charge < -0.3 is 10.1 Å². The molecule has 14 heavy (non-hydrogen) atoms. The summed E-state index contributed by atoms with van der Waals surface area (Å²) in [4.78, 5) is 0. The number of ether oxygens (including phenoxy) is 1. The summed E-state index contributed by atoms with van der Waals surface area (Å²) in [6, 6.07) is 0. The van der Waals surface area contributed by atoms with Gasteiger partial charge in [-0.1, -0.05) is 11.3 Å². The number of hydrogen-bond donors (Lipinski definition) is 1. The average Bonchev–Trinajstić information content (AvgIpc) is 2.53. The van der Waals surface area contributed by atoms with Crippen LogP contribution in [-0.2, 0) is 11.3 Å². The molecule has 80 valence electrons. The molecule has 4 nitrogen and oxygen atoms in total. The summed E-state index contributed by atoms with van der Waals surface area (Å²) < 4.78 is 28.1. The molecule has 0 saturated carbocycles. The van der Waals surface area contributed by atoms with Gasteiger partial charge in [-0.15, -0.1) is 10.2 Å². The van der Waals surface area contributed by atoms with Gasteiger partial charge in [-0.3, -0.25) is 0 Å². The smallest absolute Gasteiger partial charge is 0.261 e. The van der Waals surface area contributed by atoms with Crippen LogP contribution < -0.4 is 5.32 Å². The van der Waals surface area contributed by atoms with E-state index < -0.39 is 13.0 Å². The normalized spacial score (nSPS) is 10.9. The molecule has 0 aliphatic rings. The van der Waals surface area contributed by atoms with Crippen LogP contribution >= 0.6 is 11.3 Å². The van der Waals surface area contributed by atoms with Crippen LogP contribution in [0.1, 0.15) is 11.9 Å². The number of aromatic nitrogens is 2. The Bertz CT molecular complexity index is 269. The minimum absolute atomic E-state index is 0.0907. The highest BCUT2D eigenvalue weighted by atomic mass is 32.1. The first kappa shape index (κ1) is 11.3. The molecule has 0 aliphatic carbocycles. The van der Waals surface area contributed by atoms with Crippen LogP contribution in [0.15, 0.2) is 0 Å². The van der Waals surface area contributed by atoms with Gasteiger partial charge in [0.2, 0.25) is 5.13 Å². The van der Waals surface area contributed by atoms with Crippen LogP contribution in [-0.4, -0.2) is 29.8 Å². The number of nitrogens with zero attached hydrogens (tertiary/aromatic N) is 2. The zero-order chi connectivity index (χ0) is 10.4. The van der Waals surface area contributed by atoms with Crippen molar-refractivity contribution in [1.82, 2.24) is 10.2 Å². The molecule has 1 aromatic rings. The molecular weight excluding hydrogens is 212 g/mol. The fourth-order valence-electron chi connectivity index (χ4n) is 0.770. The maximum Gasteiger partial charge on any atom is 0.261 e. The summed E-state index contributed by atoms with van der Waals surface area (Å²) in [5, 5.41) is 11.8. The zero-order valence-corrected chi connectivity index (χ0v) is 8.48. The quantitative estimate of drug-likeness (QED) is 0.798. The Morgan fingerprint density at radius 3 is 2.93 bits per heavy atom. The fourth-order valence-corrected chi connectivity index (χ4v) is 1.52. The first-order valence-corrected chi connectivity index (χ1v) is 4.96. The molecule has 1 rings (SSSR count). The molecule has 0 spiro atoms. The second-order valence-electron chi connectivity index (χ2n) is 2.44. The number of anilines is 1. The molecule has 0 atom stereocenters. The van der Waals surface area contributed by atoms with Crippen molar-refractivity contribution >= 4 is 16.5 Å². The Balaban J connectivity index is 2.28. The lowest BCUT2D eigenvalue weighted by atomic mass is 10.7. The van der Waals surface area contributed by atoms with E-state index >= 15 is 0 Å². The van der Waals surface area contributed by atoms with E-state index in [0.717, 1.165) is 6.54 Å². The maximum atomic E-state index is 11.7. The van der Waals surface area contributed by atoms with Gasteiger partial charge in [0.15, 0.2) is 0 Å². The zero-order valence-electron chi connectivity index (χ0n) is 7.67. The van der Waals surface area contributed by atoms with E-state index in [0.29, 0.717) is 10.1 Å². The van der Waals surface area contributed by atoms with Gasteiger partial charge in [0.1, 0.15) is 18.2 Å². The molecular formula is C7H11F2N3OS. The standard InChI is InChI=1S/C7H11F2N3OS/c1-2-10-7-12-11-6(14-7)4-13-3-5(8)9/h5H,2-4H2,1H3,(H,10,12). The fraction of sp³-hybridized carbons (Fsp3) is 0.714. The topological polar surface area (TPSA) is 47.0 Å². The predicted octanol–water partition coefficient (Wildman–Crippen LogP) is 1.75. The second-order valence-corrected chi connectivity index (χ2v) is 3.50. The summed E-state index contributed by atoms with van der Waals surface area (Å²) in [6.07, 6.45) is -2.43. The lowest BCUT2D eigenvalue weighted by Crippen LogP contribution is -2.03. The third kappa shape index (κ3) is 3.93. The molecule has 0 bridgehead atoms. The van der Waals surface area contributed by atoms with E-state index in [-0.39, 0.29) is 6.61 Å². The largest absolute Gasteiger partial charge is 0.368 e. The lowest BCUT2D eigenvalue weighted by Gasteiger charge is -1.98. The highest BCUT2D eigenvalue weighted by Crippen LogP contribution is 2.15. The first-order chi connectivity index (χ1) is 6.72. The monoisotopic (exact) mass is 223 g/mol. The van der Waals surface area contributed by atoms with Crippen LogP contribution in [0, 0.1) is 0 Å². The van der Waals surface area contributed by atoms with Gasteiger partial charge in [0, 0.05) is 6.54 Å².